The number of hydrogen-bond acceptors (Lipinski definition) is 6. The molecule has 7 nitrogen and oxygen atoms in total. The van der Waals surface area contributed by atoms with E-state index in [0.717, 1.165) is 0 Å². The Morgan fingerprint density at radius 1 is 1.53 bits per heavy atom. The normalized spacial score (nSPS) is 10.2. The number of rotatable bonds is 5. The highest BCUT2D eigenvalue weighted by Gasteiger charge is 2.16. The number of anilines is 1. The molecule has 0 atom stereocenters. The van der Waals surface area contributed by atoms with Gasteiger partial charge in [-0.15, -0.1) is 11.3 Å². The van der Waals surface area contributed by atoms with Crippen molar-refractivity contribution in [2.75, 3.05) is 11.9 Å². The summed E-state index contributed by atoms with van der Waals surface area (Å²) in [6, 6.07) is 1.62. The summed E-state index contributed by atoms with van der Waals surface area (Å²) in [6.45, 7) is 2.06. The molecule has 0 radical (unpaired) electrons. The molecule has 1 N–H and O–H groups in total. The maximum Gasteiger partial charge on any atom is 0.341 e. The molecule has 0 spiro atoms. The van der Waals surface area contributed by atoms with E-state index < -0.39 is 5.97 Å². The van der Waals surface area contributed by atoms with Crippen molar-refractivity contribution in [2.24, 2.45) is 0 Å². The maximum absolute atomic E-state index is 11.8. The average molecular weight is 280 g/mol. The van der Waals surface area contributed by atoms with Gasteiger partial charge in [-0.1, -0.05) is 0 Å². The highest BCUT2D eigenvalue weighted by atomic mass is 32.1. The summed E-state index contributed by atoms with van der Waals surface area (Å²) in [7, 11) is 0. The Balaban J connectivity index is 2.01. The molecule has 0 unspecified atom stereocenters. The van der Waals surface area contributed by atoms with Crippen LogP contribution in [0.1, 0.15) is 17.3 Å². The Kier molecular flexibility index (Phi) is 4.24. The number of carbonyl (C=O) groups is 2. The number of thiophene rings is 1. The zero-order valence-corrected chi connectivity index (χ0v) is 11.0. The smallest absolute Gasteiger partial charge is 0.341 e. The topological polar surface area (TPSA) is 86.1 Å². The Hall–Kier alpha value is -2.22. The van der Waals surface area contributed by atoms with Gasteiger partial charge >= 0.3 is 5.97 Å². The van der Waals surface area contributed by atoms with Crippen molar-refractivity contribution in [1.29, 1.82) is 0 Å². The molecule has 0 saturated carbocycles. The summed E-state index contributed by atoms with van der Waals surface area (Å²) in [5, 5.41) is 8.68. The lowest BCUT2D eigenvalue weighted by Gasteiger charge is -2.05. The van der Waals surface area contributed by atoms with Gasteiger partial charge in [0.2, 0.25) is 5.91 Å². The SMILES string of the molecule is CCOC(=O)c1ccsc1NC(=O)Cn1cncn1. The van der Waals surface area contributed by atoms with Crippen molar-refractivity contribution in [3.63, 3.8) is 0 Å². The molecule has 100 valence electrons. The van der Waals surface area contributed by atoms with E-state index in [9.17, 15) is 9.59 Å². The minimum absolute atomic E-state index is 0.0418. The first-order chi connectivity index (χ1) is 9.20. The molecule has 2 heterocycles. The number of hydrogen-bond donors (Lipinski definition) is 1. The van der Waals surface area contributed by atoms with Gasteiger partial charge in [-0.3, -0.25) is 4.79 Å². The Morgan fingerprint density at radius 3 is 3.05 bits per heavy atom. The van der Waals surface area contributed by atoms with Crippen molar-refractivity contribution < 1.29 is 14.3 Å². The van der Waals surface area contributed by atoms with Crippen LogP contribution in [0.4, 0.5) is 5.00 Å². The monoisotopic (exact) mass is 280 g/mol. The van der Waals surface area contributed by atoms with E-state index >= 15 is 0 Å². The Morgan fingerprint density at radius 2 is 2.37 bits per heavy atom. The van der Waals surface area contributed by atoms with Gasteiger partial charge in [-0.25, -0.2) is 14.5 Å². The molecule has 0 aliphatic carbocycles. The van der Waals surface area contributed by atoms with Crippen molar-refractivity contribution >= 4 is 28.2 Å². The van der Waals surface area contributed by atoms with Crippen LogP contribution in [0.5, 0.6) is 0 Å². The summed E-state index contributed by atoms with van der Waals surface area (Å²) in [4.78, 5) is 27.1. The van der Waals surface area contributed by atoms with E-state index in [1.165, 1.54) is 28.7 Å². The van der Waals surface area contributed by atoms with E-state index in [2.05, 4.69) is 15.4 Å². The van der Waals surface area contributed by atoms with E-state index in [1.807, 2.05) is 0 Å². The first-order valence-electron chi connectivity index (χ1n) is 5.57. The number of aromatic nitrogens is 3. The van der Waals surface area contributed by atoms with Crippen LogP contribution in [0.15, 0.2) is 24.1 Å². The Labute approximate surface area is 113 Å². The number of nitrogens with zero attached hydrogens (tertiary/aromatic N) is 3. The lowest BCUT2D eigenvalue weighted by molar-refractivity contribution is -0.116. The number of ether oxygens (including phenoxy) is 1. The molecular weight excluding hydrogens is 268 g/mol. The van der Waals surface area contributed by atoms with Crippen LogP contribution >= 0.6 is 11.3 Å². The summed E-state index contributed by atoms with van der Waals surface area (Å²) in [6.07, 6.45) is 2.79. The number of carbonyl (C=O) groups excluding carboxylic acids is 2. The second kappa shape index (κ2) is 6.10. The standard InChI is InChI=1S/C11H12N4O3S/c1-2-18-11(17)8-3-4-19-10(8)14-9(16)5-15-7-12-6-13-15/h3-4,6-7H,2,5H2,1H3,(H,14,16). The average Bonchev–Trinajstić information content (AvgIpc) is 3.00. The van der Waals surface area contributed by atoms with Gasteiger partial charge in [0.15, 0.2) is 0 Å². The number of esters is 1. The molecule has 0 bridgehead atoms. The molecule has 0 fully saturated rings. The van der Waals surface area contributed by atoms with Gasteiger partial charge in [0.1, 0.15) is 24.2 Å². The largest absolute Gasteiger partial charge is 0.462 e. The zero-order chi connectivity index (χ0) is 13.7. The van der Waals surface area contributed by atoms with Crippen LogP contribution < -0.4 is 5.32 Å². The van der Waals surface area contributed by atoms with E-state index in [0.29, 0.717) is 17.2 Å². The van der Waals surface area contributed by atoms with E-state index in [1.54, 1.807) is 18.4 Å². The first kappa shape index (κ1) is 13.2. The molecule has 2 aromatic heterocycles. The number of amides is 1. The zero-order valence-electron chi connectivity index (χ0n) is 10.2. The second-order valence-corrected chi connectivity index (χ2v) is 4.44. The second-order valence-electron chi connectivity index (χ2n) is 3.53. The fourth-order valence-electron chi connectivity index (χ4n) is 1.40. The van der Waals surface area contributed by atoms with Gasteiger partial charge in [-0.2, -0.15) is 5.10 Å². The van der Waals surface area contributed by atoms with Gasteiger partial charge < -0.3 is 10.1 Å². The minimum atomic E-state index is -0.445. The van der Waals surface area contributed by atoms with Gasteiger partial charge in [0.05, 0.1) is 12.2 Å². The highest BCUT2D eigenvalue weighted by molar-refractivity contribution is 7.14. The highest BCUT2D eigenvalue weighted by Crippen LogP contribution is 2.24. The van der Waals surface area contributed by atoms with Crippen LogP contribution in [0, 0.1) is 0 Å². The van der Waals surface area contributed by atoms with Gasteiger partial charge in [0, 0.05) is 0 Å². The molecule has 0 aromatic carbocycles. The predicted molar refractivity (Wildman–Crippen MR) is 68.9 cm³/mol. The van der Waals surface area contributed by atoms with Gasteiger partial charge in [-0.05, 0) is 18.4 Å². The lowest BCUT2D eigenvalue weighted by atomic mass is 10.3. The fourth-order valence-corrected chi connectivity index (χ4v) is 2.19. The third-order valence-corrected chi connectivity index (χ3v) is 3.02. The maximum atomic E-state index is 11.8. The molecule has 19 heavy (non-hydrogen) atoms. The molecular formula is C11H12N4O3S. The third kappa shape index (κ3) is 3.38. The van der Waals surface area contributed by atoms with Crippen LogP contribution in [0.3, 0.4) is 0 Å². The minimum Gasteiger partial charge on any atom is -0.462 e. The molecule has 0 aliphatic heterocycles. The quantitative estimate of drug-likeness (QED) is 0.830. The third-order valence-electron chi connectivity index (χ3n) is 2.19. The van der Waals surface area contributed by atoms with Crippen LogP contribution in [-0.4, -0.2) is 33.2 Å². The van der Waals surface area contributed by atoms with Crippen LogP contribution in [-0.2, 0) is 16.1 Å². The fraction of sp³-hybridized carbons (Fsp3) is 0.273. The molecule has 1 amide bonds. The summed E-state index contributed by atoms with van der Waals surface area (Å²) in [5.41, 5.74) is 0.360. The van der Waals surface area contributed by atoms with Crippen LogP contribution in [0.2, 0.25) is 0 Å². The van der Waals surface area contributed by atoms with Gasteiger partial charge in [0.25, 0.3) is 0 Å². The van der Waals surface area contributed by atoms with Crippen molar-refractivity contribution in [3.05, 3.63) is 29.7 Å². The Bertz CT molecular complexity index is 564. The molecule has 0 saturated heterocycles. The molecule has 0 aliphatic rings. The van der Waals surface area contributed by atoms with Crippen molar-refractivity contribution in [3.8, 4) is 0 Å². The van der Waals surface area contributed by atoms with E-state index in [4.69, 9.17) is 4.74 Å². The van der Waals surface area contributed by atoms with E-state index in [-0.39, 0.29) is 12.5 Å². The molecule has 2 rings (SSSR count). The summed E-state index contributed by atoms with van der Waals surface area (Å²) in [5.74, 6) is -0.724. The first-order valence-corrected chi connectivity index (χ1v) is 6.45. The molecule has 8 heteroatoms. The number of nitrogens with one attached hydrogen (secondary N) is 1. The lowest BCUT2D eigenvalue weighted by Crippen LogP contribution is -2.19. The van der Waals surface area contributed by atoms with Crippen molar-refractivity contribution in [1.82, 2.24) is 14.8 Å². The van der Waals surface area contributed by atoms with Crippen molar-refractivity contribution in [2.45, 2.75) is 13.5 Å². The summed E-state index contributed by atoms with van der Waals surface area (Å²) < 4.78 is 6.30. The summed E-state index contributed by atoms with van der Waals surface area (Å²) >= 11 is 1.27. The predicted octanol–water partition coefficient (Wildman–Crippen LogP) is 1.16. The van der Waals surface area contributed by atoms with Crippen LogP contribution in [0.25, 0.3) is 0 Å². The molecule has 2 aromatic rings.